The number of carbonyl (C=O) groups excluding carboxylic acids is 2. The maximum Gasteiger partial charge on any atom is 0.411 e. The standard InChI is InChI=1S/C12H17NO3/c1-12(2,3)16-11(15)13-8-4-5-9(13)7-10(14)6-8/h4-5,8-9H,6-7H2,1-3H3. The summed E-state index contributed by atoms with van der Waals surface area (Å²) in [7, 11) is 0. The van der Waals surface area contributed by atoms with Crippen LogP contribution in [0.4, 0.5) is 4.79 Å². The third kappa shape index (κ3) is 2.10. The summed E-state index contributed by atoms with van der Waals surface area (Å²) in [6, 6.07) is -0.192. The topological polar surface area (TPSA) is 46.6 Å². The van der Waals surface area contributed by atoms with Crippen LogP contribution in [0.1, 0.15) is 33.6 Å². The fourth-order valence-corrected chi connectivity index (χ4v) is 2.16. The Hall–Kier alpha value is -1.32. The summed E-state index contributed by atoms with van der Waals surface area (Å²) in [5.74, 6) is 0.222. The molecule has 0 aromatic carbocycles. The smallest absolute Gasteiger partial charge is 0.411 e. The fourth-order valence-electron chi connectivity index (χ4n) is 2.16. The van der Waals surface area contributed by atoms with E-state index in [4.69, 9.17) is 4.74 Å². The molecule has 1 saturated heterocycles. The minimum atomic E-state index is -0.488. The number of hydrogen-bond acceptors (Lipinski definition) is 3. The Labute approximate surface area is 95.2 Å². The average molecular weight is 223 g/mol. The van der Waals surface area contributed by atoms with Gasteiger partial charge in [-0.2, -0.15) is 0 Å². The van der Waals surface area contributed by atoms with Crippen molar-refractivity contribution in [3.63, 3.8) is 0 Å². The van der Waals surface area contributed by atoms with Gasteiger partial charge in [-0.05, 0) is 20.8 Å². The van der Waals surface area contributed by atoms with Crippen LogP contribution in [0.3, 0.4) is 0 Å². The molecule has 0 aliphatic carbocycles. The monoisotopic (exact) mass is 223 g/mol. The molecule has 2 unspecified atom stereocenters. The molecular weight excluding hydrogens is 206 g/mol. The number of ketones is 1. The van der Waals surface area contributed by atoms with Crippen molar-refractivity contribution in [2.24, 2.45) is 0 Å². The van der Waals surface area contributed by atoms with Gasteiger partial charge in [-0.1, -0.05) is 12.2 Å². The van der Waals surface area contributed by atoms with Gasteiger partial charge in [-0.25, -0.2) is 4.79 Å². The van der Waals surface area contributed by atoms with Crippen LogP contribution in [-0.4, -0.2) is 34.5 Å². The molecule has 0 aromatic rings. The molecule has 1 amide bonds. The van der Waals surface area contributed by atoms with E-state index in [1.165, 1.54) is 0 Å². The van der Waals surface area contributed by atoms with Crippen LogP contribution in [0.2, 0.25) is 0 Å². The lowest BCUT2D eigenvalue weighted by Crippen LogP contribution is -2.49. The van der Waals surface area contributed by atoms with E-state index in [2.05, 4.69) is 0 Å². The molecular formula is C12H17NO3. The van der Waals surface area contributed by atoms with Crippen molar-refractivity contribution in [3.8, 4) is 0 Å². The molecule has 0 spiro atoms. The third-order valence-corrected chi connectivity index (χ3v) is 2.75. The molecule has 2 aliphatic rings. The molecule has 2 bridgehead atoms. The zero-order chi connectivity index (χ0) is 11.9. The van der Waals surface area contributed by atoms with Gasteiger partial charge in [0.25, 0.3) is 0 Å². The predicted molar refractivity (Wildman–Crippen MR) is 59.0 cm³/mol. The van der Waals surface area contributed by atoms with Gasteiger partial charge in [-0.15, -0.1) is 0 Å². The Morgan fingerprint density at radius 2 is 1.81 bits per heavy atom. The highest BCUT2D eigenvalue weighted by Gasteiger charge is 2.41. The molecule has 0 aromatic heterocycles. The quantitative estimate of drug-likeness (QED) is 0.589. The predicted octanol–water partition coefficient (Wildman–Crippen LogP) is 1.89. The minimum Gasteiger partial charge on any atom is -0.444 e. The first-order valence-corrected chi connectivity index (χ1v) is 5.58. The second-order valence-corrected chi connectivity index (χ2v) is 5.35. The molecule has 1 fully saturated rings. The number of piperidine rings is 1. The number of ether oxygens (including phenoxy) is 1. The van der Waals surface area contributed by atoms with Gasteiger partial charge in [0.15, 0.2) is 0 Å². The van der Waals surface area contributed by atoms with E-state index < -0.39 is 5.60 Å². The Balaban J connectivity index is 2.07. The number of hydrogen-bond donors (Lipinski definition) is 0. The van der Waals surface area contributed by atoms with Gasteiger partial charge in [0.2, 0.25) is 0 Å². The molecule has 16 heavy (non-hydrogen) atoms. The molecule has 0 radical (unpaired) electrons. The normalized spacial score (nSPS) is 28.4. The average Bonchev–Trinajstić information content (AvgIpc) is 2.36. The van der Waals surface area contributed by atoms with E-state index >= 15 is 0 Å². The van der Waals surface area contributed by atoms with Crippen molar-refractivity contribution in [2.45, 2.75) is 51.3 Å². The van der Waals surface area contributed by atoms with Crippen molar-refractivity contribution >= 4 is 11.9 Å². The van der Waals surface area contributed by atoms with Gasteiger partial charge < -0.3 is 4.74 Å². The first-order chi connectivity index (χ1) is 7.37. The second kappa shape index (κ2) is 3.61. The summed E-state index contributed by atoms with van der Waals surface area (Å²) in [6.45, 7) is 5.53. The number of fused-ring (bicyclic) bond motifs is 2. The summed E-state index contributed by atoms with van der Waals surface area (Å²) in [5.41, 5.74) is -0.488. The summed E-state index contributed by atoms with van der Waals surface area (Å²) < 4.78 is 5.33. The van der Waals surface area contributed by atoms with Crippen LogP contribution in [0.15, 0.2) is 12.2 Å². The van der Waals surface area contributed by atoms with Crippen LogP contribution < -0.4 is 0 Å². The number of nitrogens with zero attached hydrogens (tertiary/aromatic N) is 1. The summed E-state index contributed by atoms with van der Waals surface area (Å²) in [4.78, 5) is 25.0. The summed E-state index contributed by atoms with van der Waals surface area (Å²) in [6.07, 6.45) is 4.39. The number of amides is 1. The maximum atomic E-state index is 11.9. The highest BCUT2D eigenvalue weighted by Crippen LogP contribution is 2.29. The first-order valence-electron chi connectivity index (χ1n) is 5.58. The van der Waals surface area contributed by atoms with Gasteiger partial charge >= 0.3 is 6.09 Å². The molecule has 2 heterocycles. The van der Waals surface area contributed by atoms with Gasteiger partial charge in [-0.3, -0.25) is 9.69 Å². The Morgan fingerprint density at radius 1 is 1.31 bits per heavy atom. The van der Waals surface area contributed by atoms with Gasteiger partial charge in [0.1, 0.15) is 11.4 Å². The van der Waals surface area contributed by atoms with E-state index in [1.54, 1.807) is 4.90 Å². The zero-order valence-corrected chi connectivity index (χ0v) is 9.90. The van der Waals surface area contributed by atoms with Crippen LogP contribution in [0, 0.1) is 0 Å². The molecule has 0 N–H and O–H groups in total. The molecule has 0 saturated carbocycles. The SMILES string of the molecule is CC(C)(C)OC(=O)N1C2C=CC1CC(=O)C2. The van der Waals surface area contributed by atoms with Crippen LogP contribution in [0.25, 0.3) is 0 Å². The fraction of sp³-hybridized carbons (Fsp3) is 0.667. The zero-order valence-electron chi connectivity index (χ0n) is 9.90. The summed E-state index contributed by atoms with van der Waals surface area (Å²) in [5, 5.41) is 0. The third-order valence-electron chi connectivity index (χ3n) is 2.75. The lowest BCUT2D eigenvalue weighted by molar-refractivity contribution is -0.122. The van der Waals surface area contributed by atoms with E-state index in [1.807, 2.05) is 32.9 Å². The van der Waals surface area contributed by atoms with E-state index in [0.717, 1.165) is 0 Å². The Kier molecular flexibility index (Phi) is 2.52. The number of rotatable bonds is 0. The van der Waals surface area contributed by atoms with E-state index in [9.17, 15) is 9.59 Å². The lowest BCUT2D eigenvalue weighted by Gasteiger charge is -2.35. The van der Waals surface area contributed by atoms with E-state index in [0.29, 0.717) is 12.8 Å². The molecule has 2 rings (SSSR count). The lowest BCUT2D eigenvalue weighted by atomic mass is 10.0. The van der Waals surface area contributed by atoms with Crippen LogP contribution in [-0.2, 0) is 9.53 Å². The van der Waals surface area contributed by atoms with E-state index in [-0.39, 0.29) is 24.0 Å². The van der Waals surface area contributed by atoms with Crippen molar-refractivity contribution in [2.75, 3.05) is 0 Å². The molecule has 2 atom stereocenters. The highest BCUT2D eigenvalue weighted by molar-refractivity contribution is 5.85. The summed E-state index contributed by atoms with van der Waals surface area (Å²) >= 11 is 0. The molecule has 4 heteroatoms. The van der Waals surface area contributed by atoms with Gasteiger partial charge in [0.05, 0.1) is 12.1 Å². The molecule has 2 aliphatic heterocycles. The number of Topliss-reactive ketones (excluding diaryl/α,β-unsaturated/α-hetero) is 1. The Bertz CT molecular complexity index is 336. The Morgan fingerprint density at radius 3 is 2.25 bits per heavy atom. The molecule has 88 valence electrons. The maximum absolute atomic E-state index is 11.9. The highest BCUT2D eigenvalue weighted by atomic mass is 16.6. The van der Waals surface area contributed by atoms with Crippen molar-refractivity contribution in [1.29, 1.82) is 0 Å². The first kappa shape index (κ1) is 11.2. The minimum absolute atomic E-state index is 0.0962. The van der Waals surface area contributed by atoms with Crippen molar-refractivity contribution < 1.29 is 14.3 Å². The number of carbonyl (C=O) groups is 2. The van der Waals surface area contributed by atoms with Crippen molar-refractivity contribution in [1.82, 2.24) is 4.90 Å². The largest absolute Gasteiger partial charge is 0.444 e. The van der Waals surface area contributed by atoms with Crippen molar-refractivity contribution in [3.05, 3.63) is 12.2 Å². The van der Waals surface area contributed by atoms with Crippen LogP contribution >= 0.6 is 0 Å². The van der Waals surface area contributed by atoms with Crippen LogP contribution in [0.5, 0.6) is 0 Å². The molecule has 4 nitrogen and oxygen atoms in total. The second-order valence-electron chi connectivity index (χ2n) is 5.35. The van der Waals surface area contributed by atoms with Gasteiger partial charge in [0, 0.05) is 12.8 Å².